The van der Waals surface area contributed by atoms with Crippen molar-refractivity contribution in [1.29, 1.82) is 0 Å². The monoisotopic (exact) mass is 514 g/mol. The number of thiazole rings is 1. The van der Waals surface area contributed by atoms with Gasteiger partial charge in [0.05, 0.1) is 18.7 Å². The molecule has 168 valence electrons. The van der Waals surface area contributed by atoms with Gasteiger partial charge in [0.1, 0.15) is 12.4 Å². The van der Waals surface area contributed by atoms with Crippen LogP contribution in [0.25, 0.3) is 11.3 Å². The van der Waals surface area contributed by atoms with Crippen molar-refractivity contribution in [2.45, 2.75) is 32.8 Å². The van der Waals surface area contributed by atoms with E-state index in [1.54, 1.807) is 11.3 Å². The van der Waals surface area contributed by atoms with Crippen LogP contribution in [-0.4, -0.2) is 31.2 Å². The lowest BCUT2D eigenvalue weighted by molar-refractivity contribution is -0.145. The van der Waals surface area contributed by atoms with Crippen LogP contribution in [0, 0.1) is 12.8 Å². The van der Waals surface area contributed by atoms with Crippen molar-refractivity contribution in [3.63, 3.8) is 0 Å². The summed E-state index contributed by atoms with van der Waals surface area (Å²) in [6.07, 6.45) is 2.63. The van der Waals surface area contributed by atoms with Crippen molar-refractivity contribution in [2.75, 3.05) is 25.1 Å². The van der Waals surface area contributed by atoms with Crippen LogP contribution >= 0.6 is 27.3 Å². The number of halogens is 1. The second-order valence-corrected chi connectivity index (χ2v) is 9.82. The van der Waals surface area contributed by atoms with Crippen LogP contribution in [0.3, 0.4) is 0 Å². The molecule has 5 nitrogen and oxygen atoms in total. The number of ether oxygens (including phenoxy) is 2. The minimum atomic E-state index is -0.0981. The minimum Gasteiger partial charge on any atom is -0.488 e. The van der Waals surface area contributed by atoms with Crippen LogP contribution in [0.1, 0.15) is 30.4 Å². The van der Waals surface area contributed by atoms with E-state index in [9.17, 15) is 4.79 Å². The third-order valence-electron chi connectivity index (χ3n) is 5.74. The SMILES string of the molecule is COC(=O)C1CCCN(c2nc(-c3cc(C)ccc3OCc3ccc(Br)cc3)cs2)CC1. The Kier molecular flexibility index (Phi) is 7.48. The molecule has 1 aromatic heterocycles. The molecular weight excluding hydrogens is 488 g/mol. The summed E-state index contributed by atoms with van der Waals surface area (Å²) in [5.74, 6) is 0.718. The molecular formula is C25H27BrN2O3S. The number of carbonyl (C=O) groups is 1. The zero-order valence-electron chi connectivity index (χ0n) is 18.3. The molecule has 3 aromatic rings. The van der Waals surface area contributed by atoms with Gasteiger partial charge in [0.2, 0.25) is 0 Å². The fourth-order valence-corrected chi connectivity index (χ4v) is 5.08. The number of hydrogen-bond acceptors (Lipinski definition) is 6. The molecule has 0 N–H and O–H groups in total. The summed E-state index contributed by atoms with van der Waals surface area (Å²) in [5, 5.41) is 3.09. The summed E-state index contributed by atoms with van der Waals surface area (Å²) in [4.78, 5) is 19.2. The predicted molar refractivity (Wildman–Crippen MR) is 132 cm³/mol. The number of rotatable bonds is 6. The number of anilines is 1. The number of hydrogen-bond donors (Lipinski definition) is 0. The molecule has 0 bridgehead atoms. The van der Waals surface area contributed by atoms with Crippen LogP contribution in [0.15, 0.2) is 52.3 Å². The third-order valence-corrected chi connectivity index (χ3v) is 7.17. The summed E-state index contributed by atoms with van der Waals surface area (Å²) < 4.78 is 12.2. The molecule has 0 saturated carbocycles. The zero-order chi connectivity index (χ0) is 22.5. The van der Waals surface area contributed by atoms with E-state index in [4.69, 9.17) is 14.5 Å². The third kappa shape index (κ3) is 5.51. The van der Waals surface area contributed by atoms with E-state index in [-0.39, 0.29) is 11.9 Å². The average Bonchev–Trinajstić information content (AvgIpc) is 3.16. The number of nitrogens with zero attached hydrogens (tertiary/aromatic N) is 2. The maximum atomic E-state index is 11.9. The Labute approximate surface area is 201 Å². The number of aromatic nitrogens is 1. The Morgan fingerprint density at radius 1 is 1.19 bits per heavy atom. The molecule has 1 saturated heterocycles. The summed E-state index contributed by atoms with van der Waals surface area (Å²) in [7, 11) is 1.47. The van der Waals surface area contributed by atoms with Crippen molar-refractivity contribution >= 4 is 38.4 Å². The highest BCUT2D eigenvalue weighted by molar-refractivity contribution is 9.10. The summed E-state index contributed by atoms with van der Waals surface area (Å²) >= 11 is 5.11. The Morgan fingerprint density at radius 2 is 2.00 bits per heavy atom. The zero-order valence-corrected chi connectivity index (χ0v) is 20.7. The Balaban J connectivity index is 1.50. The molecule has 1 aliphatic rings. The predicted octanol–water partition coefficient (Wildman–Crippen LogP) is 6.24. The fraction of sp³-hybridized carbons (Fsp3) is 0.360. The summed E-state index contributed by atoms with van der Waals surface area (Å²) in [6.45, 7) is 4.30. The molecule has 0 amide bonds. The van der Waals surface area contributed by atoms with Crippen molar-refractivity contribution in [3.05, 3.63) is 63.4 Å². The smallest absolute Gasteiger partial charge is 0.308 e. The van der Waals surface area contributed by atoms with E-state index >= 15 is 0 Å². The highest BCUT2D eigenvalue weighted by Gasteiger charge is 2.25. The van der Waals surface area contributed by atoms with Crippen LogP contribution in [-0.2, 0) is 16.1 Å². The van der Waals surface area contributed by atoms with Crippen molar-refractivity contribution in [1.82, 2.24) is 4.98 Å². The molecule has 0 aliphatic carbocycles. The number of benzene rings is 2. The molecule has 1 fully saturated rings. The Morgan fingerprint density at radius 3 is 2.78 bits per heavy atom. The number of esters is 1. The molecule has 0 radical (unpaired) electrons. The van der Waals surface area contributed by atoms with E-state index in [1.807, 2.05) is 18.2 Å². The first kappa shape index (κ1) is 22.8. The lowest BCUT2D eigenvalue weighted by atomic mass is 10.0. The molecule has 2 heterocycles. The quantitative estimate of drug-likeness (QED) is 0.364. The van der Waals surface area contributed by atoms with E-state index in [0.717, 1.165) is 64.5 Å². The maximum Gasteiger partial charge on any atom is 0.308 e. The van der Waals surface area contributed by atoms with Gasteiger partial charge in [-0.2, -0.15) is 0 Å². The molecule has 1 aliphatic heterocycles. The number of carbonyl (C=O) groups excluding carboxylic acids is 1. The van der Waals surface area contributed by atoms with Crippen molar-refractivity contribution < 1.29 is 14.3 Å². The van der Waals surface area contributed by atoms with E-state index < -0.39 is 0 Å². The van der Waals surface area contributed by atoms with E-state index in [1.165, 1.54) is 12.7 Å². The van der Waals surface area contributed by atoms with Crippen molar-refractivity contribution in [2.24, 2.45) is 5.92 Å². The number of methoxy groups -OCH3 is 1. The average molecular weight is 515 g/mol. The van der Waals surface area contributed by atoms with Gasteiger partial charge in [-0.05, 0) is 56.0 Å². The molecule has 4 rings (SSSR count). The number of aryl methyl sites for hydroxylation is 1. The largest absolute Gasteiger partial charge is 0.488 e. The van der Waals surface area contributed by atoms with Gasteiger partial charge in [-0.3, -0.25) is 4.79 Å². The summed E-state index contributed by atoms with van der Waals surface area (Å²) in [6, 6.07) is 14.4. The van der Waals surface area contributed by atoms with Gasteiger partial charge in [-0.1, -0.05) is 39.7 Å². The molecule has 0 spiro atoms. The normalized spacial score (nSPS) is 16.5. The molecule has 1 atom stereocenters. The standard InChI is InChI=1S/C25H27BrN2O3S/c1-17-5-10-23(31-15-18-6-8-20(26)9-7-18)21(14-17)22-16-32-25(27-22)28-12-3-4-19(11-13-28)24(29)30-2/h5-10,14,16,19H,3-4,11-13,15H2,1-2H3. The molecule has 32 heavy (non-hydrogen) atoms. The van der Waals surface area contributed by atoms with Crippen LogP contribution in [0.4, 0.5) is 5.13 Å². The molecule has 2 aromatic carbocycles. The van der Waals surface area contributed by atoms with Gasteiger partial charge in [-0.15, -0.1) is 11.3 Å². The summed E-state index contributed by atoms with van der Waals surface area (Å²) in [5.41, 5.74) is 4.21. The van der Waals surface area contributed by atoms with Gasteiger partial charge in [0.25, 0.3) is 0 Å². The van der Waals surface area contributed by atoms with Crippen LogP contribution in [0.5, 0.6) is 5.75 Å². The van der Waals surface area contributed by atoms with Crippen molar-refractivity contribution in [3.8, 4) is 17.0 Å². The second-order valence-electron chi connectivity index (χ2n) is 8.07. The first-order valence-electron chi connectivity index (χ1n) is 10.8. The minimum absolute atomic E-state index is 0.0141. The highest BCUT2D eigenvalue weighted by Crippen LogP contribution is 2.35. The Hall–Kier alpha value is -2.38. The Bertz CT molecular complexity index is 1070. The van der Waals surface area contributed by atoms with E-state index in [2.05, 4.69) is 57.4 Å². The highest BCUT2D eigenvalue weighted by atomic mass is 79.9. The van der Waals surface area contributed by atoms with Gasteiger partial charge in [-0.25, -0.2) is 4.98 Å². The van der Waals surface area contributed by atoms with Crippen LogP contribution in [0.2, 0.25) is 0 Å². The van der Waals surface area contributed by atoms with Gasteiger partial charge in [0.15, 0.2) is 5.13 Å². The maximum absolute atomic E-state index is 11.9. The lowest BCUT2D eigenvalue weighted by Gasteiger charge is -2.19. The topological polar surface area (TPSA) is 51.7 Å². The second kappa shape index (κ2) is 10.5. The fourth-order valence-electron chi connectivity index (χ4n) is 3.93. The van der Waals surface area contributed by atoms with Crippen LogP contribution < -0.4 is 9.64 Å². The molecule has 7 heteroatoms. The molecule has 1 unspecified atom stereocenters. The lowest BCUT2D eigenvalue weighted by Crippen LogP contribution is -2.25. The van der Waals surface area contributed by atoms with Gasteiger partial charge >= 0.3 is 5.97 Å². The van der Waals surface area contributed by atoms with Gasteiger partial charge in [0, 0.05) is 28.5 Å². The first-order valence-corrected chi connectivity index (χ1v) is 12.5. The first-order chi connectivity index (χ1) is 15.5. The van der Waals surface area contributed by atoms with E-state index in [0.29, 0.717) is 6.61 Å². The van der Waals surface area contributed by atoms with Gasteiger partial charge < -0.3 is 14.4 Å².